The maximum Gasteiger partial charge on any atom is 0.228 e. The molecule has 0 saturated carbocycles. The molecule has 2 amide bonds. The van der Waals surface area contributed by atoms with Gasteiger partial charge in [0.1, 0.15) is 18.0 Å². The summed E-state index contributed by atoms with van der Waals surface area (Å²) < 4.78 is 12.2. The molecule has 3 aromatic rings. The van der Waals surface area contributed by atoms with Crippen molar-refractivity contribution in [3.05, 3.63) is 89.7 Å². The van der Waals surface area contributed by atoms with Gasteiger partial charge >= 0.3 is 0 Å². The van der Waals surface area contributed by atoms with Crippen molar-refractivity contribution in [1.29, 1.82) is 0 Å². The van der Waals surface area contributed by atoms with Crippen molar-refractivity contribution < 1.29 is 24.2 Å². The van der Waals surface area contributed by atoms with Crippen LogP contribution in [0.15, 0.2) is 73.1 Å². The molecule has 0 radical (unpaired) electrons. The number of pyridine rings is 1. The van der Waals surface area contributed by atoms with Gasteiger partial charge < -0.3 is 25.2 Å². The van der Waals surface area contributed by atoms with E-state index < -0.39 is 6.10 Å². The first-order valence-electron chi connectivity index (χ1n) is 12.6. The van der Waals surface area contributed by atoms with Crippen molar-refractivity contribution in [2.75, 3.05) is 11.9 Å². The second-order valence-corrected chi connectivity index (χ2v) is 9.64. The van der Waals surface area contributed by atoms with Crippen LogP contribution < -0.4 is 15.4 Å². The van der Waals surface area contributed by atoms with Gasteiger partial charge in [0.25, 0.3) is 0 Å². The van der Waals surface area contributed by atoms with Gasteiger partial charge in [-0.2, -0.15) is 0 Å². The quantitative estimate of drug-likeness (QED) is 0.436. The number of rotatable bonds is 8. The minimum absolute atomic E-state index is 0.0534. The van der Waals surface area contributed by atoms with Crippen LogP contribution in [0.5, 0.6) is 5.75 Å². The van der Waals surface area contributed by atoms with Crippen LogP contribution in [0.2, 0.25) is 0 Å². The number of nitrogens with one attached hydrogen (secondary N) is 2. The Balaban J connectivity index is 1.25. The first kappa shape index (κ1) is 24.9. The molecule has 1 aromatic heterocycles. The van der Waals surface area contributed by atoms with E-state index in [2.05, 4.69) is 15.6 Å². The molecule has 2 aliphatic heterocycles. The van der Waals surface area contributed by atoms with Crippen LogP contribution in [0, 0.1) is 0 Å². The molecule has 8 nitrogen and oxygen atoms in total. The summed E-state index contributed by atoms with van der Waals surface area (Å²) in [5.74, 6) is 0.436. The molecule has 0 bridgehead atoms. The summed E-state index contributed by atoms with van der Waals surface area (Å²) in [4.78, 5) is 29.4. The van der Waals surface area contributed by atoms with Gasteiger partial charge in [-0.05, 0) is 54.8 Å². The fraction of sp³-hybridized carbons (Fsp3) is 0.345. The lowest BCUT2D eigenvalue weighted by Crippen LogP contribution is -2.47. The predicted octanol–water partition coefficient (Wildman–Crippen LogP) is 3.52. The zero-order valence-corrected chi connectivity index (χ0v) is 20.7. The third-order valence-electron chi connectivity index (χ3n) is 6.99. The standard InChI is InChI=1S/C29H31N3O5/c1-18(20-5-3-2-4-6-20)31-28(35)16-22-15-24-23-14-21(32-27(34)13-19-9-11-30-12-10-19)7-8-25(23)37-29(24)26(17-33)36-22/h2-12,14,18,22,24,26,29,33H,13,15-17H2,1H3,(H,31,35)(H,32,34)/t18-,22-,24+,26-,29-/m0/s1. The fourth-order valence-electron chi connectivity index (χ4n) is 5.19. The number of amides is 2. The molecule has 0 unspecified atom stereocenters. The van der Waals surface area contributed by atoms with Crippen molar-refractivity contribution in [2.24, 2.45) is 0 Å². The molecule has 2 aliphatic rings. The third kappa shape index (κ3) is 5.81. The molecule has 1 fully saturated rings. The van der Waals surface area contributed by atoms with E-state index in [0.29, 0.717) is 17.9 Å². The molecule has 2 aromatic carbocycles. The Morgan fingerprint density at radius 1 is 1.08 bits per heavy atom. The summed E-state index contributed by atoms with van der Waals surface area (Å²) in [5.41, 5.74) is 3.55. The van der Waals surface area contributed by atoms with Gasteiger partial charge in [0.05, 0.1) is 31.6 Å². The van der Waals surface area contributed by atoms with Crippen LogP contribution in [0.4, 0.5) is 5.69 Å². The Bertz CT molecular complexity index is 1240. The van der Waals surface area contributed by atoms with Crippen LogP contribution in [-0.4, -0.2) is 46.8 Å². The Labute approximate surface area is 216 Å². The van der Waals surface area contributed by atoms with Crippen molar-refractivity contribution >= 4 is 17.5 Å². The lowest BCUT2D eigenvalue weighted by Gasteiger charge is -2.37. The molecule has 3 heterocycles. The average Bonchev–Trinajstić information content (AvgIpc) is 3.27. The van der Waals surface area contributed by atoms with Crippen LogP contribution >= 0.6 is 0 Å². The van der Waals surface area contributed by atoms with Gasteiger partial charge in [-0.15, -0.1) is 0 Å². The van der Waals surface area contributed by atoms with Crippen molar-refractivity contribution in [1.82, 2.24) is 10.3 Å². The maximum absolute atomic E-state index is 12.8. The van der Waals surface area contributed by atoms with Crippen molar-refractivity contribution in [2.45, 2.75) is 56.5 Å². The summed E-state index contributed by atoms with van der Waals surface area (Å²) >= 11 is 0. The van der Waals surface area contributed by atoms with Crippen LogP contribution in [0.1, 0.15) is 48.4 Å². The highest BCUT2D eigenvalue weighted by Gasteiger charge is 2.46. The van der Waals surface area contributed by atoms with E-state index in [1.807, 2.05) is 67.6 Å². The van der Waals surface area contributed by atoms with Crippen LogP contribution in [-0.2, 0) is 20.7 Å². The van der Waals surface area contributed by atoms with E-state index in [4.69, 9.17) is 9.47 Å². The molecule has 1 saturated heterocycles. The molecule has 5 atom stereocenters. The summed E-state index contributed by atoms with van der Waals surface area (Å²) in [6, 6.07) is 18.9. The number of carbonyl (C=O) groups excluding carboxylic acids is 2. The maximum atomic E-state index is 12.8. The first-order valence-corrected chi connectivity index (χ1v) is 12.6. The Morgan fingerprint density at radius 2 is 1.86 bits per heavy atom. The number of ether oxygens (including phenoxy) is 2. The lowest BCUT2D eigenvalue weighted by molar-refractivity contribution is -0.142. The highest BCUT2D eigenvalue weighted by Crippen LogP contribution is 2.47. The minimum Gasteiger partial charge on any atom is -0.487 e. The Morgan fingerprint density at radius 3 is 2.62 bits per heavy atom. The zero-order chi connectivity index (χ0) is 25.8. The molecule has 5 rings (SSSR count). The number of fused-ring (bicyclic) bond motifs is 3. The number of nitrogens with zero attached hydrogens (tertiary/aromatic N) is 1. The molecule has 192 valence electrons. The second-order valence-electron chi connectivity index (χ2n) is 9.64. The van der Waals surface area contributed by atoms with Gasteiger partial charge in [-0.1, -0.05) is 30.3 Å². The fourth-order valence-corrected chi connectivity index (χ4v) is 5.19. The zero-order valence-electron chi connectivity index (χ0n) is 20.7. The number of aliphatic hydroxyl groups excluding tert-OH is 1. The molecular formula is C29H31N3O5. The van der Waals surface area contributed by atoms with E-state index in [-0.39, 0.29) is 55.4 Å². The predicted molar refractivity (Wildman–Crippen MR) is 138 cm³/mol. The average molecular weight is 502 g/mol. The second kappa shape index (κ2) is 11.1. The van der Waals surface area contributed by atoms with E-state index >= 15 is 0 Å². The minimum atomic E-state index is -0.541. The number of carbonyl (C=O) groups is 2. The van der Waals surface area contributed by atoms with Crippen molar-refractivity contribution in [3.8, 4) is 5.75 Å². The normalized spacial score (nSPS) is 22.8. The summed E-state index contributed by atoms with van der Waals surface area (Å²) in [5, 5.41) is 16.0. The van der Waals surface area contributed by atoms with Gasteiger partial charge in [0.2, 0.25) is 11.8 Å². The monoisotopic (exact) mass is 501 g/mol. The highest BCUT2D eigenvalue weighted by molar-refractivity contribution is 5.92. The number of hydrogen-bond acceptors (Lipinski definition) is 6. The van der Waals surface area contributed by atoms with E-state index in [9.17, 15) is 14.7 Å². The highest BCUT2D eigenvalue weighted by atomic mass is 16.6. The molecule has 8 heteroatoms. The Hall–Kier alpha value is -3.75. The van der Waals surface area contributed by atoms with E-state index in [1.165, 1.54) is 0 Å². The van der Waals surface area contributed by atoms with E-state index in [1.54, 1.807) is 12.4 Å². The molecule has 37 heavy (non-hydrogen) atoms. The topological polar surface area (TPSA) is 110 Å². The molecule has 0 aliphatic carbocycles. The van der Waals surface area contributed by atoms with Crippen LogP contribution in [0.3, 0.4) is 0 Å². The summed E-state index contributed by atoms with van der Waals surface area (Å²) in [6.07, 6.45) is 3.10. The van der Waals surface area contributed by atoms with Crippen molar-refractivity contribution in [3.63, 3.8) is 0 Å². The number of anilines is 1. The SMILES string of the molecule is C[C@H](NC(=O)C[C@@H]1C[C@@H]2c3cc(NC(=O)Cc4ccncc4)ccc3O[C@@H]2[C@H](CO)O1)c1ccccc1. The van der Waals surface area contributed by atoms with Gasteiger partial charge in [0.15, 0.2) is 0 Å². The molecule has 0 spiro atoms. The first-order chi connectivity index (χ1) is 18.0. The number of benzene rings is 2. The molecular weight excluding hydrogens is 470 g/mol. The van der Waals surface area contributed by atoms with E-state index in [0.717, 1.165) is 16.7 Å². The number of aliphatic hydroxyl groups is 1. The number of hydrogen-bond donors (Lipinski definition) is 3. The summed E-state index contributed by atoms with van der Waals surface area (Å²) in [6.45, 7) is 1.75. The third-order valence-corrected chi connectivity index (χ3v) is 6.99. The van der Waals surface area contributed by atoms with Crippen LogP contribution in [0.25, 0.3) is 0 Å². The smallest absolute Gasteiger partial charge is 0.228 e. The Kier molecular flexibility index (Phi) is 7.48. The van der Waals surface area contributed by atoms with Gasteiger partial charge in [-0.3, -0.25) is 14.6 Å². The van der Waals surface area contributed by atoms with Gasteiger partial charge in [-0.25, -0.2) is 0 Å². The number of aromatic nitrogens is 1. The lowest BCUT2D eigenvalue weighted by atomic mass is 9.84. The largest absolute Gasteiger partial charge is 0.487 e. The van der Waals surface area contributed by atoms with Gasteiger partial charge in [0, 0.05) is 29.6 Å². The molecule has 3 N–H and O–H groups in total. The summed E-state index contributed by atoms with van der Waals surface area (Å²) in [7, 11) is 0.